The molecule has 2 aromatic carbocycles. The van der Waals surface area contributed by atoms with E-state index >= 15 is 0 Å². The van der Waals surface area contributed by atoms with Crippen LogP contribution in [0.3, 0.4) is 0 Å². The third-order valence-corrected chi connectivity index (χ3v) is 7.77. The average Bonchev–Trinajstić information content (AvgIpc) is 3.33. The van der Waals surface area contributed by atoms with Crippen LogP contribution in [0.15, 0.2) is 48.5 Å². The van der Waals surface area contributed by atoms with E-state index in [9.17, 15) is 33.9 Å². The van der Waals surface area contributed by atoms with E-state index in [1.807, 2.05) is 48.5 Å². The van der Waals surface area contributed by atoms with Gasteiger partial charge < -0.3 is 44.2 Å². The Hall–Kier alpha value is -5.02. The third-order valence-electron chi connectivity index (χ3n) is 7.77. The molecule has 2 amide bonds. The summed E-state index contributed by atoms with van der Waals surface area (Å²) in [5, 5.41) is 14.9. The van der Waals surface area contributed by atoms with Gasteiger partial charge in [-0.25, -0.2) is 9.59 Å². The van der Waals surface area contributed by atoms with Gasteiger partial charge in [-0.1, -0.05) is 48.5 Å². The van der Waals surface area contributed by atoms with Gasteiger partial charge in [0.2, 0.25) is 5.91 Å². The molecule has 258 valence electrons. The Morgan fingerprint density at radius 2 is 1.35 bits per heavy atom. The number of ether oxygens (including phenoxy) is 6. The molecular weight excluding hydrogens is 632 g/mol. The SMILES string of the molecule is CC(=O)N[C@H]1[C@@H](O[C@H](C)[C@H](NC(=O)OCC2c3ccccc3-c3ccccc32)C(=O)O)O[C@H](COC(C)=O)[C@H](OC(C)=O)[C@@H]1OC(C)=O. The number of hydrogen-bond acceptors (Lipinski definition) is 12. The summed E-state index contributed by atoms with van der Waals surface area (Å²) in [5.74, 6) is -4.67. The molecule has 1 heterocycles. The number of hydrogen-bond donors (Lipinski definition) is 3. The van der Waals surface area contributed by atoms with Crippen LogP contribution in [0.2, 0.25) is 0 Å². The highest BCUT2D eigenvalue weighted by Gasteiger charge is 2.52. The fraction of sp³-hybridized carbons (Fsp3) is 0.455. The molecule has 7 atom stereocenters. The van der Waals surface area contributed by atoms with E-state index < -0.39 is 85.3 Å². The first kappa shape index (κ1) is 35.8. The maximum absolute atomic E-state index is 13.0. The van der Waals surface area contributed by atoms with Gasteiger partial charge in [0.15, 0.2) is 24.5 Å². The van der Waals surface area contributed by atoms with Crippen molar-refractivity contribution in [3.05, 3.63) is 59.7 Å². The average molecular weight is 671 g/mol. The number of rotatable bonds is 12. The highest BCUT2D eigenvalue weighted by Crippen LogP contribution is 2.44. The van der Waals surface area contributed by atoms with Crippen LogP contribution in [0.25, 0.3) is 11.1 Å². The molecule has 2 aliphatic rings. The summed E-state index contributed by atoms with van der Waals surface area (Å²) in [6.45, 7) is 5.26. The first-order chi connectivity index (χ1) is 22.8. The normalized spacial score (nSPS) is 22.6. The number of alkyl carbamates (subject to hydrolysis) is 1. The number of fused-ring (bicyclic) bond motifs is 3. The molecule has 2 aromatic rings. The zero-order valence-corrected chi connectivity index (χ0v) is 27.0. The number of nitrogens with one attached hydrogen (secondary N) is 2. The smallest absolute Gasteiger partial charge is 0.407 e. The van der Waals surface area contributed by atoms with Gasteiger partial charge in [-0.15, -0.1) is 0 Å². The lowest BCUT2D eigenvalue weighted by Crippen LogP contribution is -2.67. The summed E-state index contributed by atoms with van der Waals surface area (Å²) < 4.78 is 33.2. The summed E-state index contributed by atoms with van der Waals surface area (Å²) in [5.41, 5.74) is 3.97. The van der Waals surface area contributed by atoms with Gasteiger partial charge >= 0.3 is 30.0 Å². The molecule has 15 nitrogen and oxygen atoms in total. The minimum absolute atomic E-state index is 0.0722. The lowest BCUT2D eigenvalue weighted by atomic mass is 9.95. The second-order valence-corrected chi connectivity index (χ2v) is 11.3. The van der Waals surface area contributed by atoms with Gasteiger partial charge in [-0.3, -0.25) is 19.2 Å². The minimum atomic E-state index is -1.69. The van der Waals surface area contributed by atoms with Crippen molar-refractivity contribution in [3.8, 4) is 11.1 Å². The molecule has 0 spiro atoms. The Balaban J connectivity index is 1.52. The molecule has 0 radical (unpaired) electrons. The van der Waals surface area contributed by atoms with Crippen molar-refractivity contribution in [2.75, 3.05) is 13.2 Å². The zero-order chi connectivity index (χ0) is 35.1. The summed E-state index contributed by atoms with van der Waals surface area (Å²) in [6.07, 6.45) is -7.98. The number of amides is 2. The zero-order valence-electron chi connectivity index (χ0n) is 27.0. The highest BCUT2D eigenvalue weighted by molar-refractivity contribution is 5.81. The molecule has 0 aromatic heterocycles. The second-order valence-electron chi connectivity index (χ2n) is 11.3. The van der Waals surface area contributed by atoms with Crippen molar-refractivity contribution in [1.29, 1.82) is 0 Å². The largest absolute Gasteiger partial charge is 0.480 e. The molecule has 0 bridgehead atoms. The fourth-order valence-corrected chi connectivity index (χ4v) is 5.84. The molecule has 0 saturated carbocycles. The van der Waals surface area contributed by atoms with Crippen LogP contribution in [0.5, 0.6) is 0 Å². The van der Waals surface area contributed by atoms with Crippen molar-refractivity contribution < 1.29 is 62.3 Å². The Morgan fingerprint density at radius 1 is 0.792 bits per heavy atom. The number of carboxylic acid groups (broad SMARTS) is 1. The fourth-order valence-electron chi connectivity index (χ4n) is 5.84. The van der Waals surface area contributed by atoms with Gasteiger partial charge in [0, 0.05) is 33.6 Å². The summed E-state index contributed by atoms with van der Waals surface area (Å²) in [6, 6.07) is 12.4. The van der Waals surface area contributed by atoms with Crippen LogP contribution >= 0.6 is 0 Å². The molecule has 15 heteroatoms. The van der Waals surface area contributed by atoms with E-state index in [-0.39, 0.29) is 12.5 Å². The van der Waals surface area contributed by atoms with E-state index in [2.05, 4.69) is 10.6 Å². The van der Waals surface area contributed by atoms with E-state index in [4.69, 9.17) is 28.4 Å². The van der Waals surface area contributed by atoms with Crippen LogP contribution in [0, 0.1) is 0 Å². The van der Waals surface area contributed by atoms with Crippen molar-refractivity contribution in [2.24, 2.45) is 0 Å². The number of carboxylic acids is 1. The maximum Gasteiger partial charge on any atom is 0.407 e. The van der Waals surface area contributed by atoms with Crippen molar-refractivity contribution in [2.45, 2.75) is 83.3 Å². The van der Waals surface area contributed by atoms with Crippen LogP contribution in [0.1, 0.15) is 51.7 Å². The molecule has 1 aliphatic heterocycles. The van der Waals surface area contributed by atoms with Crippen LogP contribution < -0.4 is 10.6 Å². The standard InChI is InChI=1S/C33H38N2O13/c1-16(27(31(40)41)35-33(42)44-14-25-23-12-8-6-10-21(23)22-11-7-9-13-24(22)25)45-32-28(34-17(2)36)30(47-20(5)39)29(46-19(4)38)26(48-32)15-43-18(3)37/h6-13,16,25-30,32H,14-15H2,1-5H3,(H,34,36)(H,35,42)(H,40,41)/t16-,26-,27+,28-,29+,30-,32+/m1/s1. The van der Waals surface area contributed by atoms with Crippen molar-refractivity contribution >= 4 is 35.9 Å². The second kappa shape index (κ2) is 15.7. The predicted molar refractivity (Wildman–Crippen MR) is 164 cm³/mol. The molecule has 48 heavy (non-hydrogen) atoms. The van der Waals surface area contributed by atoms with Crippen LogP contribution in [-0.2, 0) is 52.4 Å². The van der Waals surface area contributed by atoms with Crippen LogP contribution in [-0.4, -0.2) is 97.0 Å². The van der Waals surface area contributed by atoms with Crippen molar-refractivity contribution in [3.63, 3.8) is 0 Å². The molecular formula is C33H38N2O13. The molecule has 0 unspecified atom stereocenters. The summed E-state index contributed by atoms with van der Waals surface area (Å²) >= 11 is 0. The van der Waals surface area contributed by atoms with Crippen LogP contribution in [0.4, 0.5) is 4.79 Å². The first-order valence-electron chi connectivity index (χ1n) is 15.2. The van der Waals surface area contributed by atoms with Gasteiger partial charge in [0.05, 0.1) is 6.10 Å². The molecule has 4 rings (SSSR count). The Kier molecular flexibility index (Phi) is 11.7. The predicted octanol–water partition coefficient (Wildman–Crippen LogP) is 2.04. The number of benzene rings is 2. The summed E-state index contributed by atoms with van der Waals surface area (Å²) in [7, 11) is 0. The quantitative estimate of drug-likeness (QED) is 0.219. The number of esters is 3. The summed E-state index contributed by atoms with van der Waals surface area (Å²) in [4.78, 5) is 73.2. The third kappa shape index (κ3) is 8.66. The number of aliphatic carboxylic acids is 1. The molecule has 1 saturated heterocycles. The Bertz CT molecular complexity index is 1500. The van der Waals surface area contributed by atoms with Gasteiger partial charge in [0.1, 0.15) is 25.4 Å². The molecule has 3 N–H and O–H groups in total. The van der Waals surface area contributed by atoms with E-state index in [1.54, 1.807) is 0 Å². The van der Waals surface area contributed by atoms with Crippen molar-refractivity contribution in [1.82, 2.24) is 10.6 Å². The Morgan fingerprint density at radius 3 is 1.88 bits per heavy atom. The number of carbonyl (C=O) groups excluding carboxylic acids is 5. The monoisotopic (exact) mass is 670 g/mol. The molecule has 1 fully saturated rings. The van der Waals surface area contributed by atoms with Gasteiger partial charge in [0.25, 0.3) is 0 Å². The Labute approximate surface area is 276 Å². The van der Waals surface area contributed by atoms with E-state index in [0.717, 1.165) is 49.9 Å². The maximum atomic E-state index is 13.0. The van der Waals surface area contributed by atoms with Gasteiger partial charge in [-0.05, 0) is 29.2 Å². The van der Waals surface area contributed by atoms with E-state index in [0.29, 0.717) is 0 Å². The van der Waals surface area contributed by atoms with Gasteiger partial charge in [-0.2, -0.15) is 0 Å². The highest BCUT2D eigenvalue weighted by atomic mass is 16.7. The lowest BCUT2D eigenvalue weighted by Gasteiger charge is -2.45. The molecule has 1 aliphatic carbocycles. The minimum Gasteiger partial charge on any atom is -0.480 e. The topological polar surface area (TPSA) is 202 Å². The first-order valence-corrected chi connectivity index (χ1v) is 15.2. The van der Waals surface area contributed by atoms with E-state index in [1.165, 1.54) is 6.92 Å². The lowest BCUT2D eigenvalue weighted by molar-refractivity contribution is -0.287. The number of carbonyl (C=O) groups is 6.